The molecule has 0 aromatic rings. The summed E-state index contributed by atoms with van der Waals surface area (Å²) >= 11 is 0. The summed E-state index contributed by atoms with van der Waals surface area (Å²) < 4.78 is 5.51. The topological polar surface area (TPSA) is 52.3 Å². The van der Waals surface area contributed by atoms with Crippen LogP contribution < -0.4 is 5.73 Å². The molecule has 3 nitrogen and oxygen atoms in total. The lowest BCUT2D eigenvalue weighted by Gasteiger charge is -2.23. The first kappa shape index (κ1) is 14.5. The van der Waals surface area contributed by atoms with Crippen LogP contribution in [0.2, 0.25) is 0 Å². The average molecular weight is 241 g/mol. The molecule has 0 aliphatic heterocycles. The van der Waals surface area contributed by atoms with Crippen LogP contribution in [0.5, 0.6) is 0 Å². The van der Waals surface area contributed by atoms with Crippen molar-refractivity contribution in [1.29, 1.82) is 0 Å². The number of carbonyl (C=O) groups excluding carboxylic acids is 1. The van der Waals surface area contributed by atoms with Crippen LogP contribution in [0.1, 0.15) is 59.3 Å². The van der Waals surface area contributed by atoms with E-state index < -0.39 is 0 Å². The Hall–Kier alpha value is -0.570. The maximum Gasteiger partial charge on any atom is 0.310 e. The molecule has 0 spiro atoms. The molecule has 0 bridgehead atoms. The summed E-state index contributed by atoms with van der Waals surface area (Å²) in [5.74, 6) is 0.403. The van der Waals surface area contributed by atoms with E-state index in [4.69, 9.17) is 10.5 Å². The molecule has 0 amide bonds. The first-order chi connectivity index (χ1) is 8.00. The first-order valence-electron chi connectivity index (χ1n) is 6.96. The monoisotopic (exact) mass is 241 g/mol. The molecule has 1 rings (SSSR count). The van der Waals surface area contributed by atoms with E-state index in [1.807, 2.05) is 6.92 Å². The third-order valence-electron chi connectivity index (χ3n) is 3.49. The molecule has 0 radical (unpaired) electrons. The molecule has 1 saturated carbocycles. The number of carbonyl (C=O) groups is 1. The summed E-state index contributed by atoms with van der Waals surface area (Å²) in [5, 5.41) is 0. The van der Waals surface area contributed by atoms with Gasteiger partial charge in [-0.1, -0.05) is 33.1 Å². The van der Waals surface area contributed by atoms with E-state index >= 15 is 0 Å². The fourth-order valence-electron chi connectivity index (χ4n) is 2.63. The molecule has 2 N–H and O–H groups in total. The summed E-state index contributed by atoms with van der Waals surface area (Å²) in [4.78, 5) is 12.1. The van der Waals surface area contributed by atoms with Gasteiger partial charge in [-0.3, -0.25) is 4.79 Å². The predicted molar refractivity (Wildman–Crippen MR) is 69.6 cm³/mol. The van der Waals surface area contributed by atoms with Crippen molar-refractivity contribution in [1.82, 2.24) is 0 Å². The van der Waals surface area contributed by atoms with Crippen molar-refractivity contribution in [3.05, 3.63) is 0 Å². The molecule has 0 aromatic carbocycles. The van der Waals surface area contributed by atoms with E-state index in [1.54, 1.807) is 0 Å². The van der Waals surface area contributed by atoms with Gasteiger partial charge in [0, 0.05) is 6.04 Å². The molecule has 0 aromatic heterocycles. The fourth-order valence-corrected chi connectivity index (χ4v) is 2.63. The van der Waals surface area contributed by atoms with Crippen molar-refractivity contribution in [2.45, 2.75) is 71.4 Å². The minimum atomic E-state index is -0.0767. The summed E-state index contributed by atoms with van der Waals surface area (Å²) in [7, 11) is 0. The Balaban J connectivity index is 2.44. The van der Waals surface area contributed by atoms with Gasteiger partial charge in [-0.15, -0.1) is 0 Å². The highest BCUT2D eigenvalue weighted by Crippen LogP contribution is 2.24. The molecule has 1 aliphatic rings. The van der Waals surface area contributed by atoms with Crippen LogP contribution in [0.4, 0.5) is 0 Å². The smallest absolute Gasteiger partial charge is 0.310 e. The Morgan fingerprint density at radius 3 is 2.53 bits per heavy atom. The minimum absolute atomic E-state index is 0.00347. The van der Waals surface area contributed by atoms with Gasteiger partial charge in [-0.05, 0) is 32.1 Å². The largest absolute Gasteiger partial charge is 0.462 e. The molecular formula is C14H27NO2. The highest BCUT2D eigenvalue weighted by Gasteiger charge is 2.29. The van der Waals surface area contributed by atoms with E-state index in [0.29, 0.717) is 5.92 Å². The Morgan fingerprint density at radius 2 is 1.88 bits per heavy atom. The Kier molecular flexibility index (Phi) is 5.96. The Morgan fingerprint density at radius 1 is 1.24 bits per heavy atom. The Bertz CT molecular complexity index is 240. The van der Waals surface area contributed by atoms with Gasteiger partial charge in [0.15, 0.2) is 0 Å². The summed E-state index contributed by atoms with van der Waals surface area (Å²) in [6.45, 7) is 6.25. The van der Waals surface area contributed by atoms with E-state index in [9.17, 15) is 4.79 Å². The van der Waals surface area contributed by atoms with Gasteiger partial charge < -0.3 is 10.5 Å². The summed E-state index contributed by atoms with van der Waals surface area (Å²) in [6.07, 6.45) is 6.23. The van der Waals surface area contributed by atoms with E-state index in [-0.39, 0.29) is 24.0 Å². The maximum absolute atomic E-state index is 12.1. The van der Waals surface area contributed by atoms with E-state index in [1.165, 1.54) is 6.42 Å². The lowest BCUT2D eigenvalue weighted by molar-refractivity contribution is -0.154. The number of hydrogen-bond donors (Lipinski definition) is 1. The SMILES string of the molecule is CC(C)CC(C)OC(=O)C1CCCCCC1N. The average Bonchev–Trinajstić information content (AvgIpc) is 2.41. The predicted octanol–water partition coefficient (Wildman–Crippen LogP) is 2.87. The van der Waals surface area contributed by atoms with Gasteiger partial charge in [0.25, 0.3) is 0 Å². The van der Waals surface area contributed by atoms with Gasteiger partial charge in [0.05, 0.1) is 12.0 Å². The molecule has 3 heteroatoms. The highest BCUT2D eigenvalue weighted by atomic mass is 16.5. The third kappa shape index (κ3) is 5.07. The standard InChI is InChI=1S/C14H27NO2/c1-10(2)9-11(3)17-14(16)12-7-5-4-6-8-13(12)15/h10-13H,4-9,15H2,1-3H3. The maximum atomic E-state index is 12.1. The molecule has 1 fully saturated rings. The van der Waals surface area contributed by atoms with Gasteiger partial charge in [-0.25, -0.2) is 0 Å². The van der Waals surface area contributed by atoms with Crippen LogP contribution in [0, 0.1) is 11.8 Å². The molecule has 3 atom stereocenters. The highest BCUT2D eigenvalue weighted by molar-refractivity contribution is 5.73. The second-order valence-electron chi connectivity index (χ2n) is 5.79. The molecule has 1 aliphatic carbocycles. The van der Waals surface area contributed by atoms with Crippen LogP contribution in [-0.2, 0) is 9.53 Å². The lowest BCUT2D eigenvalue weighted by atomic mass is 9.95. The first-order valence-corrected chi connectivity index (χ1v) is 6.96. The molecule has 0 saturated heterocycles. The zero-order valence-electron chi connectivity index (χ0n) is 11.4. The van der Waals surface area contributed by atoms with Gasteiger partial charge >= 0.3 is 5.97 Å². The fraction of sp³-hybridized carbons (Fsp3) is 0.929. The Labute approximate surface area is 105 Å². The zero-order chi connectivity index (χ0) is 12.8. The van der Waals surface area contributed by atoms with Crippen molar-refractivity contribution in [2.75, 3.05) is 0 Å². The normalized spacial score (nSPS) is 27.6. The van der Waals surface area contributed by atoms with Crippen LogP contribution in [-0.4, -0.2) is 18.1 Å². The quantitative estimate of drug-likeness (QED) is 0.608. The second kappa shape index (κ2) is 7.00. The molecule has 0 heterocycles. The zero-order valence-corrected chi connectivity index (χ0v) is 11.4. The van der Waals surface area contributed by atoms with Crippen molar-refractivity contribution in [3.8, 4) is 0 Å². The van der Waals surface area contributed by atoms with Crippen LogP contribution in [0.15, 0.2) is 0 Å². The van der Waals surface area contributed by atoms with E-state index in [0.717, 1.165) is 32.1 Å². The second-order valence-corrected chi connectivity index (χ2v) is 5.79. The summed E-state index contributed by atoms with van der Waals surface area (Å²) in [6, 6.07) is -0.00347. The molecular weight excluding hydrogens is 214 g/mol. The lowest BCUT2D eigenvalue weighted by Crippen LogP contribution is -2.37. The van der Waals surface area contributed by atoms with Crippen molar-refractivity contribution >= 4 is 5.97 Å². The van der Waals surface area contributed by atoms with Gasteiger partial charge in [0.1, 0.15) is 0 Å². The number of nitrogens with two attached hydrogens (primary N) is 1. The van der Waals surface area contributed by atoms with Crippen LogP contribution in [0.25, 0.3) is 0 Å². The minimum Gasteiger partial charge on any atom is -0.462 e. The summed E-state index contributed by atoms with van der Waals surface area (Å²) in [5.41, 5.74) is 6.06. The van der Waals surface area contributed by atoms with E-state index in [2.05, 4.69) is 13.8 Å². The van der Waals surface area contributed by atoms with Gasteiger partial charge in [0.2, 0.25) is 0 Å². The van der Waals surface area contributed by atoms with Crippen LogP contribution >= 0.6 is 0 Å². The van der Waals surface area contributed by atoms with Crippen molar-refractivity contribution in [2.24, 2.45) is 17.6 Å². The van der Waals surface area contributed by atoms with Crippen LogP contribution in [0.3, 0.4) is 0 Å². The third-order valence-corrected chi connectivity index (χ3v) is 3.49. The number of hydrogen-bond acceptors (Lipinski definition) is 3. The number of esters is 1. The molecule has 3 unspecified atom stereocenters. The number of ether oxygens (including phenoxy) is 1. The van der Waals surface area contributed by atoms with Gasteiger partial charge in [-0.2, -0.15) is 0 Å². The number of rotatable bonds is 4. The van der Waals surface area contributed by atoms with Crippen molar-refractivity contribution in [3.63, 3.8) is 0 Å². The molecule has 100 valence electrons. The van der Waals surface area contributed by atoms with Crippen molar-refractivity contribution < 1.29 is 9.53 Å². The molecule has 17 heavy (non-hydrogen) atoms.